The highest BCUT2D eigenvalue weighted by molar-refractivity contribution is 7.10. The van der Waals surface area contributed by atoms with Crippen molar-refractivity contribution in [3.63, 3.8) is 0 Å². The zero-order valence-electron chi connectivity index (χ0n) is 15.6. The summed E-state index contributed by atoms with van der Waals surface area (Å²) in [4.78, 5) is 14.1. The number of hydrogen-bond acceptors (Lipinski definition) is 5. The van der Waals surface area contributed by atoms with E-state index >= 15 is 0 Å². The van der Waals surface area contributed by atoms with E-state index in [0.29, 0.717) is 37.2 Å². The Bertz CT molecular complexity index is 659. The van der Waals surface area contributed by atoms with Crippen molar-refractivity contribution >= 4 is 17.2 Å². The molecule has 148 valence electrons. The number of thiophene rings is 1. The van der Waals surface area contributed by atoms with Gasteiger partial charge in [0.05, 0.1) is 6.61 Å². The van der Waals surface area contributed by atoms with Crippen molar-refractivity contribution in [1.82, 2.24) is 5.32 Å². The summed E-state index contributed by atoms with van der Waals surface area (Å²) in [6, 6.07) is 4.44. The largest absolute Gasteiger partial charge is 0.459 e. The van der Waals surface area contributed by atoms with E-state index in [1.165, 1.54) is 24.1 Å². The molecule has 0 spiro atoms. The first-order valence-electron chi connectivity index (χ1n) is 10.2. The summed E-state index contributed by atoms with van der Waals surface area (Å²) in [5, 5.41) is 14.2. The predicted octanol–water partition coefficient (Wildman–Crippen LogP) is 3.56. The Kier molecular flexibility index (Phi) is 6.15. The van der Waals surface area contributed by atoms with Crippen LogP contribution >= 0.6 is 11.3 Å². The van der Waals surface area contributed by atoms with Gasteiger partial charge in [0.15, 0.2) is 5.76 Å². The molecule has 4 rings (SSSR count). The molecular weight excluding hydrogens is 362 g/mol. The van der Waals surface area contributed by atoms with E-state index in [2.05, 4.69) is 16.8 Å². The standard InChI is InChI=1S/C21H29NO4S/c23-7-1-2-8-25-20-13-16(19-4-3-9-27-19)12-18(26-20)21(24)22-17-11-14-5-6-15(17)10-14/h3-4,9,12,14-17,20,23H,1-2,5-8,10-11,13H2,(H,22,24)/t14?,15?,16-,17?,20+/m1/s1. The van der Waals surface area contributed by atoms with Gasteiger partial charge < -0.3 is 19.9 Å². The van der Waals surface area contributed by atoms with Crippen LogP contribution in [0.25, 0.3) is 0 Å². The molecule has 2 bridgehead atoms. The normalized spacial score (nSPS) is 32.2. The second kappa shape index (κ2) is 8.76. The van der Waals surface area contributed by atoms with Gasteiger partial charge in [0.1, 0.15) is 0 Å². The van der Waals surface area contributed by atoms with E-state index < -0.39 is 6.29 Å². The predicted molar refractivity (Wildman–Crippen MR) is 104 cm³/mol. The van der Waals surface area contributed by atoms with Gasteiger partial charge in [-0.25, -0.2) is 0 Å². The summed E-state index contributed by atoms with van der Waals surface area (Å²) in [5.74, 6) is 1.87. The average Bonchev–Trinajstić information content (AvgIpc) is 3.43. The molecule has 0 radical (unpaired) electrons. The number of aliphatic hydroxyl groups excluding tert-OH is 1. The molecule has 2 aliphatic carbocycles. The molecule has 0 saturated heterocycles. The fourth-order valence-electron chi connectivity index (χ4n) is 4.71. The van der Waals surface area contributed by atoms with Crippen molar-refractivity contribution in [3.05, 3.63) is 34.2 Å². The number of hydrogen-bond donors (Lipinski definition) is 2. The minimum absolute atomic E-state index is 0.0993. The Morgan fingerprint density at radius 2 is 2.22 bits per heavy atom. The average molecular weight is 392 g/mol. The van der Waals surface area contributed by atoms with Crippen LogP contribution < -0.4 is 5.32 Å². The van der Waals surface area contributed by atoms with Crippen molar-refractivity contribution in [3.8, 4) is 0 Å². The molecule has 3 aliphatic rings. The zero-order valence-corrected chi connectivity index (χ0v) is 16.5. The maximum absolute atomic E-state index is 12.9. The molecule has 5 nitrogen and oxygen atoms in total. The summed E-state index contributed by atoms with van der Waals surface area (Å²) in [6.45, 7) is 0.702. The van der Waals surface area contributed by atoms with Gasteiger partial charge >= 0.3 is 0 Å². The Labute approximate surface area is 164 Å². The van der Waals surface area contributed by atoms with Gasteiger partial charge in [0, 0.05) is 29.9 Å². The minimum atomic E-state index is -0.415. The van der Waals surface area contributed by atoms with Crippen LogP contribution in [-0.4, -0.2) is 36.6 Å². The smallest absolute Gasteiger partial charge is 0.286 e. The van der Waals surface area contributed by atoms with Gasteiger partial charge in [0.2, 0.25) is 6.29 Å². The van der Waals surface area contributed by atoms with Crippen LogP contribution in [0.3, 0.4) is 0 Å². The van der Waals surface area contributed by atoms with E-state index in [9.17, 15) is 4.79 Å². The number of rotatable bonds is 8. The molecule has 5 atom stereocenters. The van der Waals surface area contributed by atoms with Crippen LogP contribution in [0.5, 0.6) is 0 Å². The molecule has 0 aromatic carbocycles. The molecule has 2 N–H and O–H groups in total. The monoisotopic (exact) mass is 391 g/mol. The Hall–Kier alpha value is -1.37. The Morgan fingerprint density at radius 1 is 1.30 bits per heavy atom. The fourth-order valence-corrected chi connectivity index (χ4v) is 5.52. The number of amides is 1. The number of unbranched alkanes of at least 4 members (excludes halogenated alkanes) is 1. The van der Waals surface area contributed by atoms with Gasteiger partial charge in [-0.2, -0.15) is 0 Å². The van der Waals surface area contributed by atoms with Crippen molar-refractivity contribution < 1.29 is 19.4 Å². The number of aliphatic hydroxyl groups is 1. The zero-order chi connectivity index (χ0) is 18.6. The second-order valence-corrected chi connectivity index (χ2v) is 8.97. The van der Waals surface area contributed by atoms with Crippen LogP contribution in [0.1, 0.15) is 55.7 Å². The van der Waals surface area contributed by atoms with Crippen LogP contribution in [0, 0.1) is 11.8 Å². The minimum Gasteiger partial charge on any atom is -0.459 e. The number of fused-ring (bicyclic) bond motifs is 2. The molecule has 2 heterocycles. The number of ether oxygens (including phenoxy) is 2. The topological polar surface area (TPSA) is 67.8 Å². The molecule has 1 amide bonds. The van der Waals surface area contributed by atoms with Gasteiger partial charge in [0.25, 0.3) is 5.91 Å². The molecule has 6 heteroatoms. The highest BCUT2D eigenvalue weighted by Crippen LogP contribution is 2.44. The fraction of sp³-hybridized carbons (Fsp3) is 0.667. The third-order valence-corrected chi connectivity index (χ3v) is 7.10. The molecule has 1 aromatic rings. The SMILES string of the molecule is O=C(NC1CC2CCC1C2)C1=C[C@@H](c2cccs2)C[C@@H](OCCCCO)O1. The third-order valence-electron chi connectivity index (χ3n) is 6.10. The van der Waals surface area contributed by atoms with Gasteiger partial charge in [-0.1, -0.05) is 12.5 Å². The number of nitrogens with one attached hydrogen (secondary N) is 1. The molecule has 2 saturated carbocycles. The van der Waals surface area contributed by atoms with Gasteiger partial charge in [-0.05, 0) is 61.5 Å². The molecule has 1 aromatic heterocycles. The maximum Gasteiger partial charge on any atom is 0.286 e. The number of allylic oxidation sites excluding steroid dienone is 1. The Balaban J connectivity index is 1.41. The first-order valence-corrected chi connectivity index (χ1v) is 11.1. The van der Waals surface area contributed by atoms with E-state index in [1.54, 1.807) is 11.3 Å². The van der Waals surface area contributed by atoms with Crippen LogP contribution in [0.2, 0.25) is 0 Å². The maximum atomic E-state index is 12.9. The number of carbonyl (C=O) groups excluding carboxylic acids is 1. The quantitative estimate of drug-likeness (QED) is 0.665. The first-order chi connectivity index (χ1) is 13.2. The van der Waals surface area contributed by atoms with Crippen molar-refractivity contribution in [2.24, 2.45) is 11.8 Å². The summed E-state index contributed by atoms with van der Waals surface area (Å²) >= 11 is 1.70. The van der Waals surface area contributed by atoms with Gasteiger partial charge in [-0.3, -0.25) is 4.79 Å². The highest BCUT2D eigenvalue weighted by atomic mass is 32.1. The first kappa shape index (κ1) is 19.0. The van der Waals surface area contributed by atoms with E-state index in [4.69, 9.17) is 14.6 Å². The molecule has 3 unspecified atom stereocenters. The summed E-state index contributed by atoms with van der Waals surface area (Å²) in [6.07, 6.45) is 8.70. The second-order valence-electron chi connectivity index (χ2n) is 7.99. The molecule has 1 aliphatic heterocycles. The Morgan fingerprint density at radius 3 is 2.93 bits per heavy atom. The third kappa shape index (κ3) is 4.55. The summed E-state index contributed by atoms with van der Waals surface area (Å²) in [5.41, 5.74) is 0. The van der Waals surface area contributed by atoms with Crippen LogP contribution in [0.4, 0.5) is 0 Å². The van der Waals surface area contributed by atoms with Crippen molar-refractivity contribution in [2.75, 3.05) is 13.2 Å². The lowest BCUT2D eigenvalue weighted by Crippen LogP contribution is -2.41. The highest BCUT2D eigenvalue weighted by Gasteiger charge is 2.41. The van der Waals surface area contributed by atoms with Crippen molar-refractivity contribution in [1.29, 1.82) is 0 Å². The molecule has 2 fully saturated rings. The van der Waals surface area contributed by atoms with Crippen LogP contribution in [0.15, 0.2) is 29.3 Å². The van der Waals surface area contributed by atoms with E-state index in [0.717, 1.165) is 18.8 Å². The number of carbonyl (C=O) groups is 1. The summed E-state index contributed by atoms with van der Waals surface area (Å²) in [7, 11) is 0. The van der Waals surface area contributed by atoms with Crippen LogP contribution in [-0.2, 0) is 14.3 Å². The van der Waals surface area contributed by atoms with Crippen molar-refractivity contribution in [2.45, 2.75) is 63.2 Å². The summed E-state index contributed by atoms with van der Waals surface area (Å²) < 4.78 is 11.8. The molecular formula is C21H29NO4S. The van der Waals surface area contributed by atoms with E-state index in [1.807, 2.05) is 12.1 Å². The lowest BCUT2D eigenvalue weighted by atomic mass is 9.95. The molecule has 27 heavy (non-hydrogen) atoms. The van der Waals surface area contributed by atoms with E-state index in [-0.39, 0.29) is 18.4 Å². The lowest BCUT2D eigenvalue weighted by Gasteiger charge is -2.30. The lowest BCUT2D eigenvalue weighted by molar-refractivity contribution is -0.147. The van der Waals surface area contributed by atoms with Gasteiger partial charge in [-0.15, -0.1) is 11.3 Å².